The number of carbonyl (C=O) groups is 1. The van der Waals surface area contributed by atoms with Crippen LogP contribution in [-0.4, -0.2) is 17.7 Å². The molecule has 0 unspecified atom stereocenters. The van der Waals surface area contributed by atoms with E-state index in [0.29, 0.717) is 18.0 Å². The highest BCUT2D eigenvalue weighted by Gasteiger charge is 2.25. The van der Waals surface area contributed by atoms with Crippen LogP contribution in [0.2, 0.25) is 5.02 Å². The molecular formula is C19H16ClFN2O3. The Hall–Kier alpha value is -2.86. The maximum absolute atomic E-state index is 14.2. The van der Waals surface area contributed by atoms with Crippen LogP contribution in [0.3, 0.4) is 0 Å². The van der Waals surface area contributed by atoms with Crippen molar-refractivity contribution in [3.05, 3.63) is 64.6 Å². The molecule has 134 valence electrons. The summed E-state index contributed by atoms with van der Waals surface area (Å²) in [5.74, 6) is -0.174. The zero-order valence-electron chi connectivity index (χ0n) is 14.2. The lowest BCUT2D eigenvalue weighted by Crippen LogP contribution is -2.14. The summed E-state index contributed by atoms with van der Waals surface area (Å²) in [6.07, 6.45) is 0. The number of hydrogen-bond acceptors (Lipinski definition) is 4. The average Bonchev–Trinajstić information content (AvgIpc) is 2.97. The molecule has 0 radical (unpaired) electrons. The lowest BCUT2D eigenvalue weighted by atomic mass is 10.0. The minimum absolute atomic E-state index is 0.0271. The number of rotatable bonds is 5. The Morgan fingerprint density at radius 1 is 1.31 bits per heavy atom. The Labute approximate surface area is 154 Å². The lowest BCUT2D eigenvalue weighted by Gasteiger charge is -2.09. The first-order valence-corrected chi connectivity index (χ1v) is 8.34. The summed E-state index contributed by atoms with van der Waals surface area (Å²) in [6, 6.07) is 11.2. The fraction of sp³-hybridized carbons (Fsp3) is 0.158. The van der Waals surface area contributed by atoms with Gasteiger partial charge in [0, 0.05) is 11.8 Å². The van der Waals surface area contributed by atoms with Crippen LogP contribution >= 0.6 is 11.6 Å². The number of amides is 1. The van der Waals surface area contributed by atoms with Crippen molar-refractivity contribution in [2.45, 2.75) is 13.8 Å². The van der Waals surface area contributed by atoms with Crippen molar-refractivity contribution in [2.24, 2.45) is 0 Å². The van der Waals surface area contributed by atoms with Crippen molar-refractivity contribution in [1.82, 2.24) is 5.16 Å². The molecule has 0 spiro atoms. The molecule has 0 bridgehead atoms. The van der Waals surface area contributed by atoms with E-state index in [1.165, 1.54) is 18.2 Å². The molecule has 0 atom stereocenters. The highest BCUT2D eigenvalue weighted by Crippen LogP contribution is 2.33. The number of benzene rings is 2. The van der Waals surface area contributed by atoms with Crippen LogP contribution in [0.15, 0.2) is 47.0 Å². The number of halogens is 2. The van der Waals surface area contributed by atoms with Crippen molar-refractivity contribution in [2.75, 3.05) is 11.9 Å². The molecule has 5 nitrogen and oxygen atoms in total. The maximum Gasteiger partial charge on any atom is 0.261 e. The van der Waals surface area contributed by atoms with Gasteiger partial charge in [-0.1, -0.05) is 28.9 Å². The molecule has 1 heterocycles. The zero-order valence-corrected chi connectivity index (χ0v) is 14.9. The third-order valence-corrected chi connectivity index (χ3v) is 4.01. The second-order valence-corrected chi connectivity index (χ2v) is 5.88. The number of ether oxygens (including phenoxy) is 1. The van der Waals surface area contributed by atoms with Gasteiger partial charge in [0.1, 0.15) is 28.6 Å². The molecule has 0 fully saturated rings. The molecule has 1 amide bonds. The van der Waals surface area contributed by atoms with Gasteiger partial charge in [0.05, 0.1) is 17.2 Å². The molecule has 2 aromatic carbocycles. The van der Waals surface area contributed by atoms with Gasteiger partial charge in [0.2, 0.25) is 0 Å². The van der Waals surface area contributed by atoms with Gasteiger partial charge in [-0.2, -0.15) is 0 Å². The van der Waals surface area contributed by atoms with Crippen molar-refractivity contribution in [1.29, 1.82) is 0 Å². The summed E-state index contributed by atoms with van der Waals surface area (Å²) in [5.41, 5.74) is 0.745. The Morgan fingerprint density at radius 2 is 2.08 bits per heavy atom. The van der Waals surface area contributed by atoms with Gasteiger partial charge in [-0.05, 0) is 38.1 Å². The predicted molar refractivity (Wildman–Crippen MR) is 97.2 cm³/mol. The first-order valence-electron chi connectivity index (χ1n) is 7.96. The smallest absolute Gasteiger partial charge is 0.261 e. The minimum Gasteiger partial charge on any atom is -0.494 e. The third-order valence-electron chi connectivity index (χ3n) is 3.69. The Kier molecular flexibility index (Phi) is 5.23. The van der Waals surface area contributed by atoms with E-state index in [4.69, 9.17) is 20.9 Å². The summed E-state index contributed by atoms with van der Waals surface area (Å²) in [7, 11) is 0. The summed E-state index contributed by atoms with van der Waals surface area (Å²) < 4.78 is 24.8. The van der Waals surface area contributed by atoms with Gasteiger partial charge in [-0.25, -0.2) is 4.39 Å². The number of anilines is 1. The fourth-order valence-corrected chi connectivity index (χ4v) is 2.81. The highest BCUT2D eigenvalue weighted by atomic mass is 35.5. The van der Waals surface area contributed by atoms with Crippen LogP contribution in [0.25, 0.3) is 11.3 Å². The van der Waals surface area contributed by atoms with Crippen LogP contribution in [0.1, 0.15) is 23.0 Å². The van der Waals surface area contributed by atoms with Crippen LogP contribution in [0, 0.1) is 12.7 Å². The van der Waals surface area contributed by atoms with E-state index >= 15 is 0 Å². The fourth-order valence-electron chi connectivity index (χ4n) is 2.56. The van der Waals surface area contributed by atoms with Gasteiger partial charge in [0.15, 0.2) is 0 Å². The first-order chi connectivity index (χ1) is 12.5. The predicted octanol–water partition coefficient (Wildman–Crippen LogP) is 5.09. The lowest BCUT2D eigenvalue weighted by molar-refractivity contribution is 0.102. The Morgan fingerprint density at radius 3 is 2.81 bits per heavy atom. The van der Waals surface area contributed by atoms with E-state index in [-0.39, 0.29) is 27.6 Å². The second-order valence-electron chi connectivity index (χ2n) is 5.47. The van der Waals surface area contributed by atoms with E-state index in [0.717, 1.165) is 0 Å². The number of aryl methyl sites for hydroxylation is 1. The van der Waals surface area contributed by atoms with Crippen LogP contribution in [0.5, 0.6) is 5.75 Å². The summed E-state index contributed by atoms with van der Waals surface area (Å²) in [5, 5.41) is 6.73. The standard InChI is InChI=1S/C19H16ClFN2O3/c1-3-25-13-7-4-6-12(10-13)22-19(24)16-11(2)26-23-18(16)17-14(20)8-5-9-15(17)21/h4-10H,3H2,1-2H3,(H,22,24). The molecule has 0 aliphatic rings. The number of carbonyl (C=O) groups excluding carboxylic acids is 1. The van der Waals surface area contributed by atoms with E-state index < -0.39 is 11.7 Å². The normalized spacial score (nSPS) is 10.6. The minimum atomic E-state index is -0.585. The number of nitrogens with zero attached hydrogens (tertiary/aromatic N) is 1. The van der Waals surface area contributed by atoms with Crippen molar-refractivity contribution < 1.29 is 18.4 Å². The zero-order chi connectivity index (χ0) is 18.7. The molecule has 0 aliphatic carbocycles. The van der Waals surface area contributed by atoms with Crippen LogP contribution in [0.4, 0.5) is 10.1 Å². The summed E-state index contributed by atoms with van der Waals surface area (Å²) in [4.78, 5) is 12.8. The van der Waals surface area contributed by atoms with E-state index in [1.807, 2.05) is 6.92 Å². The van der Waals surface area contributed by atoms with E-state index in [9.17, 15) is 9.18 Å². The third kappa shape index (κ3) is 3.55. The molecule has 3 rings (SSSR count). The second kappa shape index (κ2) is 7.58. The van der Waals surface area contributed by atoms with E-state index in [1.54, 1.807) is 31.2 Å². The Bertz CT molecular complexity index is 935. The molecule has 3 aromatic rings. The summed E-state index contributed by atoms with van der Waals surface area (Å²) >= 11 is 6.10. The molecule has 1 N–H and O–H groups in total. The molecule has 0 saturated carbocycles. The molecule has 1 aromatic heterocycles. The molecule has 0 aliphatic heterocycles. The van der Waals surface area contributed by atoms with Crippen molar-refractivity contribution >= 4 is 23.2 Å². The Balaban J connectivity index is 1.96. The van der Waals surface area contributed by atoms with Gasteiger partial charge in [0.25, 0.3) is 5.91 Å². The number of nitrogens with one attached hydrogen (secondary N) is 1. The summed E-state index contributed by atoms with van der Waals surface area (Å²) in [6.45, 7) is 3.96. The number of aromatic nitrogens is 1. The van der Waals surface area contributed by atoms with Crippen molar-refractivity contribution in [3.63, 3.8) is 0 Å². The molecular weight excluding hydrogens is 359 g/mol. The molecule has 0 saturated heterocycles. The van der Waals surface area contributed by atoms with Gasteiger partial charge in [-0.15, -0.1) is 0 Å². The van der Waals surface area contributed by atoms with Gasteiger partial charge in [-0.3, -0.25) is 4.79 Å². The van der Waals surface area contributed by atoms with Gasteiger partial charge < -0.3 is 14.6 Å². The maximum atomic E-state index is 14.2. The molecule has 26 heavy (non-hydrogen) atoms. The highest BCUT2D eigenvalue weighted by molar-refractivity contribution is 6.33. The SMILES string of the molecule is CCOc1cccc(NC(=O)c2c(-c3c(F)cccc3Cl)noc2C)c1. The van der Waals surface area contributed by atoms with Crippen LogP contribution in [-0.2, 0) is 0 Å². The van der Waals surface area contributed by atoms with Gasteiger partial charge >= 0.3 is 0 Å². The first kappa shape index (κ1) is 17.9. The van der Waals surface area contributed by atoms with Crippen LogP contribution < -0.4 is 10.1 Å². The number of hydrogen-bond donors (Lipinski definition) is 1. The largest absolute Gasteiger partial charge is 0.494 e. The van der Waals surface area contributed by atoms with Crippen molar-refractivity contribution in [3.8, 4) is 17.0 Å². The van der Waals surface area contributed by atoms with E-state index in [2.05, 4.69) is 10.5 Å². The monoisotopic (exact) mass is 374 g/mol. The quantitative estimate of drug-likeness (QED) is 0.675. The molecule has 7 heteroatoms. The average molecular weight is 375 g/mol. The topological polar surface area (TPSA) is 64.4 Å².